The first-order valence-electron chi connectivity index (χ1n) is 29.7. The Labute approximate surface area is 408 Å². The third-order valence-electron chi connectivity index (χ3n) is 14.6. The fraction of sp³-hybridized carbons (Fsp3) is 0.966. The largest absolute Gasteiger partial charge is 0.338 e. The number of amides is 2. The van der Waals surface area contributed by atoms with Crippen LogP contribution < -0.4 is 0 Å². The first-order valence-corrected chi connectivity index (χ1v) is 29.7. The standard InChI is InChI=1S/C58H117N5O2/c1-6-11-16-21-26-28-33-35-40-45-59(44-39-34-29-23-18-13-8-3)49-50-61(48-43-37-31-25-20-15-10-5)56-58(65)63-53-51-62(52-54-63)57(64)55-60(46-41-36-30-24-19-14-9-4)47-42-38-32-27-22-17-12-7-2/h6-56H2,1-5H3. The number of rotatable bonds is 50. The molecule has 1 fully saturated rings. The Hall–Kier alpha value is -1.18. The molecule has 2 amide bonds. The van der Waals surface area contributed by atoms with E-state index in [4.69, 9.17) is 0 Å². The van der Waals surface area contributed by atoms with Crippen LogP contribution in [0.1, 0.15) is 279 Å². The van der Waals surface area contributed by atoms with Gasteiger partial charge in [0.2, 0.25) is 11.8 Å². The van der Waals surface area contributed by atoms with Crippen LogP contribution >= 0.6 is 0 Å². The summed E-state index contributed by atoms with van der Waals surface area (Å²) in [5, 5.41) is 0. The molecular weight excluding hydrogens is 799 g/mol. The predicted molar refractivity (Wildman–Crippen MR) is 286 cm³/mol. The second-order valence-electron chi connectivity index (χ2n) is 20.8. The van der Waals surface area contributed by atoms with E-state index in [1.54, 1.807) is 0 Å². The molecule has 0 unspecified atom stereocenters. The van der Waals surface area contributed by atoms with Gasteiger partial charge in [-0.2, -0.15) is 0 Å². The zero-order valence-electron chi connectivity index (χ0n) is 45.1. The van der Waals surface area contributed by atoms with Crippen LogP contribution in [0.3, 0.4) is 0 Å². The molecule has 0 atom stereocenters. The highest BCUT2D eigenvalue weighted by molar-refractivity contribution is 5.80. The van der Waals surface area contributed by atoms with Crippen LogP contribution in [0.2, 0.25) is 0 Å². The number of nitrogens with zero attached hydrogens (tertiary/aromatic N) is 5. The van der Waals surface area contributed by atoms with Crippen LogP contribution in [0, 0.1) is 0 Å². The van der Waals surface area contributed by atoms with E-state index in [-0.39, 0.29) is 11.8 Å². The van der Waals surface area contributed by atoms with Gasteiger partial charge in [-0.1, -0.05) is 247 Å². The molecule has 386 valence electrons. The molecule has 1 aliphatic rings. The van der Waals surface area contributed by atoms with E-state index in [0.717, 1.165) is 32.7 Å². The van der Waals surface area contributed by atoms with Gasteiger partial charge in [-0.25, -0.2) is 0 Å². The highest BCUT2D eigenvalue weighted by Crippen LogP contribution is 2.15. The fourth-order valence-corrected chi connectivity index (χ4v) is 9.94. The lowest BCUT2D eigenvalue weighted by Gasteiger charge is -2.37. The van der Waals surface area contributed by atoms with Gasteiger partial charge in [0.15, 0.2) is 0 Å². The molecule has 1 aliphatic heterocycles. The van der Waals surface area contributed by atoms with Gasteiger partial charge in [-0.3, -0.25) is 19.4 Å². The van der Waals surface area contributed by atoms with E-state index >= 15 is 0 Å². The zero-order chi connectivity index (χ0) is 47.1. The highest BCUT2D eigenvalue weighted by atomic mass is 16.2. The number of hydrogen-bond donors (Lipinski definition) is 0. The van der Waals surface area contributed by atoms with E-state index in [1.165, 1.54) is 257 Å². The van der Waals surface area contributed by atoms with Crippen molar-refractivity contribution in [2.75, 3.05) is 85.1 Å². The molecule has 7 heteroatoms. The first kappa shape index (κ1) is 61.8. The van der Waals surface area contributed by atoms with Crippen molar-refractivity contribution in [2.45, 2.75) is 279 Å². The van der Waals surface area contributed by atoms with E-state index in [1.807, 2.05) is 0 Å². The Morgan fingerprint density at radius 1 is 0.262 bits per heavy atom. The Balaban J connectivity index is 2.77. The zero-order valence-corrected chi connectivity index (χ0v) is 45.1. The molecule has 1 saturated heterocycles. The molecule has 0 bridgehead atoms. The maximum Gasteiger partial charge on any atom is 0.236 e. The summed E-state index contributed by atoms with van der Waals surface area (Å²) in [4.78, 5) is 39.7. The van der Waals surface area contributed by atoms with Gasteiger partial charge in [-0.15, -0.1) is 0 Å². The third-order valence-corrected chi connectivity index (χ3v) is 14.6. The third kappa shape index (κ3) is 38.4. The average Bonchev–Trinajstić information content (AvgIpc) is 3.31. The minimum atomic E-state index is 0.271. The second kappa shape index (κ2) is 47.9. The van der Waals surface area contributed by atoms with Crippen molar-refractivity contribution < 1.29 is 9.59 Å². The van der Waals surface area contributed by atoms with Gasteiger partial charge >= 0.3 is 0 Å². The van der Waals surface area contributed by atoms with Crippen LogP contribution in [0.4, 0.5) is 0 Å². The van der Waals surface area contributed by atoms with Crippen molar-refractivity contribution >= 4 is 11.8 Å². The molecule has 1 heterocycles. The van der Waals surface area contributed by atoms with Crippen molar-refractivity contribution in [3.8, 4) is 0 Å². The number of carbonyl (C=O) groups is 2. The predicted octanol–water partition coefficient (Wildman–Crippen LogP) is 15.5. The lowest BCUT2D eigenvalue weighted by atomic mass is 10.1. The van der Waals surface area contributed by atoms with Gasteiger partial charge < -0.3 is 14.7 Å². The van der Waals surface area contributed by atoms with Crippen LogP contribution in [0.25, 0.3) is 0 Å². The molecule has 7 nitrogen and oxygen atoms in total. The maximum absolute atomic E-state index is 14.0. The summed E-state index contributed by atoms with van der Waals surface area (Å²) in [6, 6.07) is 0. The van der Waals surface area contributed by atoms with Crippen LogP contribution in [0.5, 0.6) is 0 Å². The minimum Gasteiger partial charge on any atom is -0.338 e. The monoisotopic (exact) mass is 916 g/mol. The quantitative estimate of drug-likeness (QED) is 0.0569. The smallest absolute Gasteiger partial charge is 0.236 e. The molecule has 0 saturated carbocycles. The van der Waals surface area contributed by atoms with Gasteiger partial charge in [0.1, 0.15) is 0 Å². The highest BCUT2D eigenvalue weighted by Gasteiger charge is 2.26. The molecule has 0 aromatic rings. The van der Waals surface area contributed by atoms with E-state index in [9.17, 15) is 9.59 Å². The van der Waals surface area contributed by atoms with Crippen molar-refractivity contribution in [1.82, 2.24) is 24.5 Å². The molecule has 1 rings (SSSR count). The van der Waals surface area contributed by atoms with Gasteiger partial charge in [-0.05, 0) is 64.8 Å². The molecule has 0 spiro atoms. The number of hydrogen-bond acceptors (Lipinski definition) is 5. The summed E-state index contributed by atoms with van der Waals surface area (Å²) in [6.07, 6.45) is 50.8. The Morgan fingerprint density at radius 3 is 0.692 bits per heavy atom. The summed E-state index contributed by atoms with van der Waals surface area (Å²) in [7, 11) is 0. The topological polar surface area (TPSA) is 50.3 Å². The van der Waals surface area contributed by atoms with Crippen molar-refractivity contribution in [1.29, 1.82) is 0 Å². The van der Waals surface area contributed by atoms with Crippen molar-refractivity contribution in [3.05, 3.63) is 0 Å². The molecule has 0 aromatic carbocycles. The Morgan fingerprint density at radius 2 is 0.446 bits per heavy atom. The minimum absolute atomic E-state index is 0.271. The van der Waals surface area contributed by atoms with Crippen LogP contribution in [-0.2, 0) is 9.59 Å². The summed E-state index contributed by atoms with van der Waals surface area (Å²) in [5.74, 6) is 0.543. The second-order valence-corrected chi connectivity index (χ2v) is 20.8. The normalized spacial score (nSPS) is 13.4. The molecule has 0 N–H and O–H groups in total. The molecule has 65 heavy (non-hydrogen) atoms. The van der Waals surface area contributed by atoms with E-state index in [0.29, 0.717) is 39.3 Å². The molecule has 0 aliphatic carbocycles. The van der Waals surface area contributed by atoms with Crippen LogP contribution in [-0.4, -0.2) is 121 Å². The Bertz CT molecular complexity index is 1000. The van der Waals surface area contributed by atoms with E-state index in [2.05, 4.69) is 59.1 Å². The van der Waals surface area contributed by atoms with Gasteiger partial charge in [0, 0.05) is 39.3 Å². The number of unbranched alkanes of at least 4 members (excludes halogenated alkanes) is 33. The lowest BCUT2D eigenvalue weighted by Crippen LogP contribution is -2.54. The van der Waals surface area contributed by atoms with Gasteiger partial charge in [0.05, 0.1) is 13.1 Å². The van der Waals surface area contributed by atoms with Gasteiger partial charge in [0.25, 0.3) is 0 Å². The van der Waals surface area contributed by atoms with Crippen molar-refractivity contribution in [3.63, 3.8) is 0 Å². The fourth-order valence-electron chi connectivity index (χ4n) is 9.94. The summed E-state index contributed by atoms with van der Waals surface area (Å²) in [6.45, 7) is 22.8. The summed E-state index contributed by atoms with van der Waals surface area (Å²) >= 11 is 0. The summed E-state index contributed by atoms with van der Waals surface area (Å²) in [5.41, 5.74) is 0. The number of carbonyl (C=O) groups excluding carboxylic acids is 2. The Kier molecular flexibility index (Phi) is 45.5. The number of piperazine rings is 1. The summed E-state index contributed by atoms with van der Waals surface area (Å²) < 4.78 is 0. The molecule has 0 aromatic heterocycles. The maximum atomic E-state index is 14.0. The molecule has 0 radical (unpaired) electrons. The average molecular weight is 917 g/mol. The lowest BCUT2D eigenvalue weighted by molar-refractivity contribution is -0.140. The van der Waals surface area contributed by atoms with Crippen molar-refractivity contribution in [2.24, 2.45) is 0 Å². The first-order chi connectivity index (χ1) is 32.0. The molecular formula is C58H117N5O2. The van der Waals surface area contributed by atoms with E-state index < -0.39 is 0 Å². The SMILES string of the molecule is CCCCCCCCCCCN(CCCCCCCCC)CCN(CCCCCCCCC)CC(=O)N1CCN(C(=O)CN(CCCCCCCCC)CCCCCCCCCC)CC1. The van der Waals surface area contributed by atoms with Crippen LogP contribution in [0.15, 0.2) is 0 Å².